The van der Waals surface area contributed by atoms with Crippen LogP contribution in [0.3, 0.4) is 0 Å². The summed E-state index contributed by atoms with van der Waals surface area (Å²) in [5, 5.41) is 4.42. The Morgan fingerprint density at radius 1 is 1.27 bits per heavy atom. The second-order valence-electron chi connectivity index (χ2n) is 5.16. The number of methoxy groups -OCH3 is 1. The number of nitrogens with one attached hydrogen (secondary N) is 1. The smallest absolute Gasteiger partial charge is 0.277 e. The highest BCUT2D eigenvalue weighted by atomic mass is 16.5. The molecule has 0 unspecified atom stereocenters. The second-order valence-corrected chi connectivity index (χ2v) is 5.16. The molecule has 0 amide bonds. The van der Waals surface area contributed by atoms with E-state index >= 15 is 0 Å². The number of aromatic amines is 1. The average molecular weight is 298 g/mol. The molecular weight excluding hydrogens is 280 g/mol. The summed E-state index contributed by atoms with van der Waals surface area (Å²) >= 11 is 0. The Bertz CT molecular complexity index is 862. The molecule has 2 heterocycles. The number of rotatable bonds is 4. The first-order valence-corrected chi connectivity index (χ1v) is 7.24. The van der Waals surface area contributed by atoms with Crippen molar-refractivity contribution in [3.05, 3.63) is 40.3 Å². The molecule has 0 spiro atoms. The van der Waals surface area contributed by atoms with E-state index in [9.17, 15) is 4.79 Å². The summed E-state index contributed by atoms with van der Waals surface area (Å²) < 4.78 is 6.75. The zero-order valence-electron chi connectivity index (χ0n) is 12.9. The Labute approximate surface area is 127 Å². The number of aromatic nitrogens is 4. The van der Waals surface area contributed by atoms with E-state index in [1.165, 1.54) is 0 Å². The van der Waals surface area contributed by atoms with Crippen molar-refractivity contribution in [2.75, 3.05) is 7.11 Å². The van der Waals surface area contributed by atoms with Crippen molar-refractivity contribution in [2.45, 2.75) is 19.8 Å². The van der Waals surface area contributed by atoms with Gasteiger partial charge in [0.25, 0.3) is 5.56 Å². The lowest BCUT2D eigenvalue weighted by Crippen LogP contribution is -2.12. The number of hydrogen-bond donors (Lipinski definition) is 1. The fourth-order valence-electron chi connectivity index (χ4n) is 2.54. The molecule has 3 aromatic rings. The third kappa shape index (κ3) is 2.36. The van der Waals surface area contributed by atoms with Crippen molar-refractivity contribution < 1.29 is 4.74 Å². The molecule has 3 rings (SSSR count). The Morgan fingerprint density at radius 3 is 2.64 bits per heavy atom. The molecule has 0 bridgehead atoms. The van der Waals surface area contributed by atoms with Crippen LogP contribution in [0.25, 0.3) is 22.4 Å². The van der Waals surface area contributed by atoms with Gasteiger partial charge in [-0.1, -0.05) is 13.3 Å². The van der Waals surface area contributed by atoms with E-state index in [4.69, 9.17) is 4.74 Å². The third-order valence-electron chi connectivity index (χ3n) is 3.61. The molecule has 0 aliphatic rings. The molecule has 0 fully saturated rings. The topological polar surface area (TPSA) is 72.8 Å². The number of hydrogen-bond acceptors (Lipinski definition) is 4. The zero-order chi connectivity index (χ0) is 15.7. The highest BCUT2D eigenvalue weighted by Crippen LogP contribution is 2.21. The summed E-state index contributed by atoms with van der Waals surface area (Å²) in [6, 6.07) is 7.43. The van der Waals surface area contributed by atoms with Crippen LogP contribution >= 0.6 is 0 Å². The molecule has 0 radical (unpaired) electrons. The monoisotopic (exact) mass is 298 g/mol. The maximum atomic E-state index is 12.4. The molecule has 6 heteroatoms. The predicted octanol–water partition coefficient (Wildman–Crippen LogP) is 2.28. The number of H-pyrrole nitrogens is 1. The summed E-state index contributed by atoms with van der Waals surface area (Å²) in [7, 11) is 3.39. The Hall–Kier alpha value is -2.63. The minimum absolute atomic E-state index is 0.173. The maximum Gasteiger partial charge on any atom is 0.277 e. The van der Waals surface area contributed by atoms with Crippen molar-refractivity contribution in [1.29, 1.82) is 0 Å². The van der Waals surface area contributed by atoms with Gasteiger partial charge in [-0.05, 0) is 30.7 Å². The minimum atomic E-state index is -0.173. The fourth-order valence-corrected chi connectivity index (χ4v) is 2.54. The first kappa shape index (κ1) is 14.3. The summed E-state index contributed by atoms with van der Waals surface area (Å²) in [5.41, 5.74) is 2.72. The van der Waals surface area contributed by atoms with Gasteiger partial charge >= 0.3 is 0 Å². The third-order valence-corrected chi connectivity index (χ3v) is 3.61. The van der Waals surface area contributed by atoms with Crippen LogP contribution in [0.1, 0.15) is 19.0 Å². The average Bonchev–Trinajstić information content (AvgIpc) is 2.84. The minimum Gasteiger partial charge on any atom is -0.497 e. The van der Waals surface area contributed by atoms with Gasteiger partial charge in [-0.3, -0.25) is 9.48 Å². The number of aryl methyl sites for hydroxylation is 2. The molecule has 2 aromatic heterocycles. The molecule has 1 aromatic carbocycles. The summed E-state index contributed by atoms with van der Waals surface area (Å²) in [4.78, 5) is 19.8. The zero-order valence-corrected chi connectivity index (χ0v) is 12.9. The van der Waals surface area contributed by atoms with Gasteiger partial charge in [-0.15, -0.1) is 0 Å². The van der Waals surface area contributed by atoms with E-state index < -0.39 is 0 Å². The second kappa shape index (κ2) is 5.63. The molecule has 0 saturated heterocycles. The van der Waals surface area contributed by atoms with Gasteiger partial charge in [0.2, 0.25) is 0 Å². The molecular formula is C16H18N4O2. The molecule has 6 nitrogen and oxygen atoms in total. The number of ether oxygens (including phenoxy) is 1. The SMILES string of the molecule is CCCc1nn(C)c2c(=O)[nH]c(-c3ccc(OC)cc3)nc12. The fraction of sp³-hybridized carbons (Fsp3) is 0.312. The Kier molecular flexibility index (Phi) is 3.66. The van der Waals surface area contributed by atoms with Crippen LogP contribution in [0.5, 0.6) is 5.75 Å². The van der Waals surface area contributed by atoms with E-state index in [0.717, 1.165) is 29.8 Å². The highest BCUT2D eigenvalue weighted by Gasteiger charge is 2.15. The van der Waals surface area contributed by atoms with Crippen molar-refractivity contribution in [3.8, 4) is 17.1 Å². The first-order chi connectivity index (χ1) is 10.6. The van der Waals surface area contributed by atoms with Gasteiger partial charge in [-0.2, -0.15) is 5.10 Å². The summed E-state index contributed by atoms with van der Waals surface area (Å²) in [6.45, 7) is 2.08. The van der Waals surface area contributed by atoms with Crippen molar-refractivity contribution in [2.24, 2.45) is 7.05 Å². The normalized spacial score (nSPS) is 11.0. The Morgan fingerprint density at radius 2 is 2.00 bits per heavy atom. The molecule has 0 saturated carbocycles. The van der Waals surface area contributed by atoms with Gasteiger partial charge in [0.05, 0.1) is 12.8 Å². The van der Waals surface area contributed by atoms with Crippen LogP contribution < -0.4 is 10.3 Å². The molecule has 0 aliphatic heterocycles. The van der Waals surface area contributed by atoms with Crippen molar-refractivity contribution in [1.82, 2.24) is 19.7 Å². The first-order valence-electron chi connectivity index (χ1n) is 7.24. The summed E-state index contributed by atoms with van der Waals surface area (Å²) in [5.74, 6) is 1.31. The predicted molar refractivity (Wildman–Crippen MR) is 85.1 cm³/mol. The van der Waals surface area contributed by atoms with Crippen molar-refractivity contribution in [3.63, 3.8) is 0 Å². The molecule has 22 heavy (non-hydrogen) atoms. The van der Waals surface area contributed by atoms with E-state index in [1.54, 1.807) is 18.8 Å². The van der Waals surface area contributed by atoms with Gasteiger partial charge in [-0.25, -0.2) is 4.98 Å². The molecule has 1 N–H and O–H groups in total. The van der Waals surface area contributed by atoms with E-state index in [-0.39, 0.29) is 5.56 Å². The summed E-state index contributed by atoms with van der Waals surface area (Å²) in [6.07, 6.45) is 1.76. The number of benzene rings is 1. The van der Waals surface area contributed by atoms with Gasteiger partial charge in [0.15, 0.2) is 5.52 Å². The number of fused-ring (bicyclic) bond motifs is 1. The van der Waals surface area contributed by atoms with E-state index in [0.29, 0.717) is 16.9 Å². The van der Waals surface area contributed by atoms with E-state index in [2.05, 4.69) is 22.0 Å². The van der Waals surface area contributed by atoms with Gasteiger partial charge in [0, 0.05) is 12.6 Å². The Balaban J connectivity index is 2.18. The van der Waals surface area contributed by atoms with Crippen LogP contribution in [0.4, 0.5) is 0 Å². The molecule has 0 aliphatic carbocycles. The van der Waals surface area contributed by atoms with Crippen LogP contribution in [0, 0.1) is 0 Å². The highest BCUT2D eigenvalue weighted by molar-refractivity contribution is 5.78. The van der Waals surface area contributed by atoms with E-state index in [1.807, 2.05) is 24.3 Å². The van der Waals surface area contributed by atoms with Crippen LogP contribution in [0.2, 0.25) is 0 Å². The van der Waals surface area contributed by atoms with Crippen LogP contribution in [-0.4, -0.2) is 26.9 Å². The lowest BCUT2D eigenvalue weighted by atomic mass is 10.2. The molecule has 0 atom stereocenters. The van der Waals surface area contributed by atoms with Crippen LogP contribution in [-0.2, 0) is 13.5 Å². The van der Waals surface area contributed by atoms with Crippen LogP contribution in [0.15, 0.2) is 29.1 Å². The standard InChI is InChI=1S/C16H18N4O2/c1-4-5-12-13-14(20(2)19-12)16(21)18-15(17-13)10-6-8-11(22-3)9-7-10/h6-9H,4-5H2,1-3H3,(H,17,18,21). The molecule has 114 valence electrons. The van der Waals surface area contributed by atoms with Gasteiger partial charge < -0.3 is 9.72 Å². The van der Waals surface area contributed by atoms with Gasteiger partial charge in [0.1, 0.15) is 17.1 Å². The number of nitrogens with zero attached hydrogens (tertiary/aromatic N) is 3. The lowest BCUT2D eigenvalue weighted by molar-refractivity contribution is 0.415. The van der Waals surface area contributed by atoms with Crippen molar-refractivity contribution >= 4 is 11.0 Å². The quantitative estimate of drug-likeness (QED) is 0.802. The lowest BCUT2D eigenvalue weighted by Gasteiger charge is -2.04. The maximum absolute atomic E-state index is 12.4. The largest absolute Gasteiger partial charge is 0.497 e.